The molecule has 1 saturated heterocycles. The highest BCUT2D eigenvalue weighted by molar-refractivity contribution is 7.11. The molecule has 1 aromatic heterocycles. The SMILES string of the molecule is Cc1nc(C)c(CN2CCCC(C(C)CC(=O)O)C2)s1. The van der Waals surface area contributed by atoms with Gasteiger partial charge in [0, 0.05) is 24.4 Å². The molecule has 112 valence electrons. The van der Waals surface area contributed by atoms with Crippen LogP contribution in [0.4, 0.5) is 0 Å². The van der Waals surface area contributed by atoms with Crippen molar-refractivity contribution < 1.29 is 9.90 Å². The topological polar surface area (TPSA) is 53.4 Å². The minimum absolute atomic E-state index is 0.264. The number of carboxylic acids is 1. The number of thiazole rings is 1. The number of nitrogens with zero attached hydrogens (tertiary/aromatic N) is 2. The number of rotatable bonds is 5. The Morgan fingerprint density at radius 1 is 1.55 bits per heavy atom. The molecule has 1 fully saturated rings. The van der Waals surface area contributed by atoms with Gasteiger partial charge in [0.25, 0.3) is 0 Å². The van der Waals surface area contributed by atoms with Gasteiger partial charge in [0.05, 0.1) is 10.7 Å². The van der Waals surface area contributed by atoms with E-state index in [1.54, 1.807) is 11.3 Å². The third kappa shape index (κ3) is 4.03. The molecule has 1 aliphatic rings. The molecule has 0 bridgehead atoms. The van der Waals surface area contributed by atoms with Crippen molar-refractivity contribution in [3.05, 3.63) is 15.6 Å². The van der Waals surface area contributed by atoms with Crippen LogP contribution in [0.5, 0.6) is 0 Å². The van der Waals surface area contributed by atoms with Crippen LogP contribution in [0.25, 0.3) is 0 Å². The largest absolute Gasteiger partial charge is 0.481 e. The zero-order valence-corrected chi connectivity index (χ0v) is 13.4. The van der Waals surface area contributed by atoms with Gasteiger partial charge >= 0.3 is 5.97 Å². The molecule has 2 rings (SSSR count). The fourth-order valence-electron chi connectivity index (χ4n) is 3.06. The van der Waals surface area contributed by atoms with Gasteiger partial charge in [-0.3, -0.25) is 9.69 Å². The van der Waals surface area contributed by atoms with E-state index in [0.29, 0.717) is 5.92 Å². The molecule has 2 heterocycles. The zero-order valence-electron chi connectivity index (χ0n) is 12.6. The third-order valence-corrected chi connectivity index (χ3v) is 5.27. The lowest BCUT2D eigenvalue weighted by Gasteiger charge is -2.35. The lowest BCUT2D eigenvalue weighted by atomic mass is 9.84. The summed E-state index contributed by atoms with van der Waals surface area (Å²) >= 11 is 1.78. The van der Waals surface area contributed by atoms with Gasteiger partial charge in [0.2, 0.25) is 0 Å². The molecule has 4 nitrogen and oxygen atoms in total. The van der Waals surface area contributed by atoms with Crippen molar-refractivity contribution in [2.75, 3.05) is 13.1 Å². The fourth-order valence-corrected chi connectivity index (χ4v) is 4.04. The Labute approximate surface area is 124 Å². The summed E-state index contributed by atoms with van der Waals surface area (Å²) < 4.78 is 0. The van der Waals surface area contributed by atoms with Crippen LogP contribution in [0.15, 0.2) is 0 Å². The van der Waals surface area contributed by atoms with E-state index >= 15 is 0 Å². The Kier molecular flexibility index (Phi) is 5.16. The highest BCUT2D eigenvalue weighted by Crippen LogP contribution is 2.28. The Bertz CT molecular complexity index is 472. The molecule has 1 N–H and O–H groups in total. The monoisotopic (exact) mass is 296 g/mol. The number of carbonyl (C=O) groups is 1. The number of hydrogen-bond donors (Lipinski definition) is 1. The Morgan fingerprint density at radius 2 is 2.30 bits per heavy atom. The average molecular weight is 296 g/mol. The van der Waals surface area contributed by atoms with E-state index in [4.69, 9.17) is 5.11 Å². The van der Waals surface area contributed by atoms with Gasteiger partial charge in [0.15, 0.2) is 0 Å². The summed E-state index contributed by atoms with van der Waals surface area (Å²) in [6.07, 6.45) is 2.62. The second-order valence-electron chi connectivity index (χ2n) is 5.95. The van der Waals surface area contributed by atoms with Crippen molar-refractivity contribution in [3.63, 3.8) is 0 Å². The molecule has 0 radical (unpaired) electrons. The first kappa shape index (κ1) is 15.4. The molecule has 0 amide bonds. The Morgan fingerprint density at radius 3 is 2.90 bits per heavy atom. The van der Waals surface area contributed by atoms with Crippen molar-refractivity contribution in [3.8, 4) is 0 Å². The predicted molar refractivity (Wildman–Crippen MR) is 81.0 cm³/mol. The number of aryl methyl sites for hydroxylation is 2. The number of piperidine rings is 1. The molecule has 0 spiro atoms. The van der Waals surface area contributed by atoms with Crippen LogP contribution < -0.4 is 0 Å². The quantitative estimate of drug-likeness (QED) is 0.907. The first-order chi connectivity index (χ1) is 9.45. The second kappa shape index (κ2) is 6.68. The number of carboxylic acid groups (broad SMARTS) is 1. The number of hydrogen-bond acceptors (Lipinski definition) is 4. The Hall–Kier alpha value is -0.940. The number of aromatic nitrogens is 1. The molecule has 0 aromatic carbocycles. The van der Waals surface area contributed by atoms with Crippen molar-refractivity contribution in [1.29, 1.82) is 0 Å². The molecular weight excluding hydrogens is 272 g/mol. The summed E-state index contributed by atoms with van der Waals surface area (Å²) in [6, 6.07) is 0. The molecule has 0 aliphatic carbocycles. The number of likely N-dealkylation sites (tertiary alicyclic amines) is 1. The highest BCUT2D eigenvalue weighted by Gasteiger charge is 2.26. The maximum absolute atomic E-state index is 10.9. The first-order valence-corrected chi connectivity index (χ1v) is 8.14. The third-order valence-electron chi connectivity index (χ3n) is 4.21. The fraction of sp³-hybridized carbons (Fsp3) is 0.733. The maximum atomic E-state index is 10.9. The van der Waals surface area contributed by atoms with E-state index in [1.807, 2.05) is 0 Å². The summed E-state index contributed by atoms with van der Waals surface area (Å²) in [7, 11) is 0. The summed E-state index contributed by atoms with van der Waals surface area (Å²) in [5.41, 5.74) is 1.15. The first-order valence-electron chi connectivity index (χ1n) is 7.32. The zero-order chi connectivity index (χ0) is 14.7. The van der Waals surface area contributed by atoms with Gasteiger partial charge in [-0.05, 0) is 45.1 Å². The van der Waals surface area contributed by atoms with Crippen LogP contribution in [0.2, 0.25) is 0 Å². The molecule has 1 aromatic rings. The van der Waals surface area contributed by atoms with E-state index in [-0.39, 0.29) is 12.3 Å². The van der Waals surface area contributed by atoms with Gasteiger partial charge in [-0.25, -0.2) is 4.98 Å². The highest BCUT2D eigenvalue weighted by atomic mass is 32.1. The van der Waals surface area contributed by atoms with Crippen LogP contribution in [0.3, 0.4) is 0 Å². The van der Waals surface area contributed by atoms with Crippen molar-refractivity contribution in [2.45, 2.75) is 46.6 Å². The number of aliphatic carboxylic acids is 1. The van der Waals surface area contributed by atoms with E-state index in [0.717, 1.165) is 36.8 Å². The van der Waals surface area contributed by atoms with E-state index in [1.165, 1.54) is 11.3 Å². The molecular formula is C15H24N2O2S. The predicted octanol–water partition coefficient (Wildman–Crippen LogP) is 3.08. The molecule has 0 saturated carbocycles. The van der Waals surface area contributed by atoms with Gasteiger partial charge in [-0.2, -0.15) is 0 Å². The standard InChI is InChI=1S/C15H24N2O2S/c1-10(7-15(18)19)13-5-4-6-17(8-13)9-14-11(2)16-12(3)20-14/h10,13H,4-9H2,1-3H3,(H,18,19). The van der Waals surface area contributed by atoms with Crippen molar-refractivity contribution in [2.24, 2.45) is 11.8 Å². The smallest absolute Gasteiger partial charge is 0.303 e. The molecule has 2 atom stereocenters. The van der Waals surface area contributed by atoms with Gasteiger partial charge in [-0.15, -0.1) is 11.3 Å². The lowest BCUT2D eigenvalue weighted by molar-refractivity contribution is -0.138. The summed E-state index contributed by atoms with van der Waals surface area (Å²) in [6.45, 7) is 9.30. The van der Waals surface area contributed by atoms with E-state index < -0.39 is 5.97 Å². The van der Waals surface area contributed by atoms with E-state index in [2.05, 4.69) is 30.7 Å². The summed E-state index contributed by atoms with van der Waals surface area (Å²) in [5, 5.41) is 10.1. The van der Waals surface area contributed by atoms with Crippen molar-refractivity contribution in [1.82, 2.24) is 9.88 Å². The molecule has 5 heteroatoms. The van der Waals surface area contributed by atoms with Crippen LogP contribution in [0.1, 0.15) is 41.8 Å². The van der Waals surface area contributed by atoms with Gasteiger partial charge in [-0.1, -0.05) is 6.92 Å². The summed E-state index contributed by atoms with van der Waals surface area (Å²) in [5.74, 6) is 0.0947. The lowest BCUT2D eigenvalue weighted by Crippen LogP contribution is -2.37. The van der Waals surface area contributed by atoms with Gasteiger partial charge < -0.3 is 5.11 Å². The normalized spacial score (nSPS) is 21.9. The average Bonchev–Trinajstić information content (AvgIpc) is 2.67. The van der Waals surface area contributed by atoms with Crippen LogP contribution in [-0.2, 0) is 11.3 Å². The minimum atomic E-state index is -0.677. The Balaban J connectivity index is 1.93. The van der Waals surface area contributed by atoms with Gasteiger partial charge in [0.1, 0.15) is 0 Å². The van der Waals surface area contributed by atoms with Crippen LogP contribution >= 0.6 is 11.3 Å². The minimum Gasteiger partial charge on any atom is -0.481 e. The molecule has 20 heavy (non-hydrogen) atoms. The second-order valence-corrected chi connectivity index (χ2v) is 7.24. The molecule has 1 aliphatic heterocycles. The summed E-state index contributed by atoms with van der Waals surface area (Å²) in [4.78, 5) is 19.2. The maximum Gasteiger partial charge on any atom is 0.303 e. The van der Waals surface area contributed by atoms with E-state index in [9.17, 15) is 4.79 Å². The van der Waals surface area contributed by atoms with Crippen LogP contribution in [0, 0.1) is 25.7 Å². The molecule has 2 unspecified atom stereocenters. The van der Waals surface area contributed by atoms with Crippen LogP contribution in [-0.4, -0.2) is 34.0 Å². The van der Waals surface area contributed by atoms with Crippen molar-refractivity contribution >= 4 is 17.3 Å².